The molecule has 0 fully saturated rings. The Kier molecular flexibility index (Phi) is 4.63. The van der Waals surface area contributed by atoms with Crippen molar-refractivity contribution in [3.05, 3.63) is 51.8 Å². The Labute approximate surface area is 174 Å². The molecule has 2 aromatic rings. The third kappa shape index (κ3) is 1.97. The summed E-state index contributed by atoms with van der Waals surface area (Å²) in [5.41, 5.74) is 1.23. The van der Waals surface area contributed by atoms with Gasteiger partial charge in [0.15, 0.2) is 0 Å². The fourth-order valence-corrected chi connectivity index (χ4v) is 27.4. The predicted octanol–water partition coefficient (Wildman–Crippen LogP) is 8.40. The molecule has 0 aliphatic heterocycles. The first-order valence-electron chi connectivity index (χ1n) is 10.1. The average Bonchev–Trinajstić information content (AvgIpc) is 3.17. The van der Waals surface area contributed by atoms with E-state index >= 15 is 0 Å². The molecule has 0 radical (unpaired) electrons. The number of rotatable bonds is 2. The fraction of sp³-hybridized carbons (Fsp3) is 0.458. The van der Waals surface area contributed by atoms with Gasteiger partial charge in [-0.05, 0) is 0 Å². The third-order valence-electron chi connectivity index (χ3n) is 12.4. The number of aromatic amines is 1. The number of hydrogen-bond donors (Lipinski definition) is 1. The van der Waals surface area contributed by atoms with E-state index in [2.05, 4.69) is 107 Å². The van der Waals surface area contributed by atoms with Crippen LogP contribution in [0.1, 0.15) is 41.0 Å². The SMILES string of the molecule is C[C](C)=[Zr]([CH3])([CH3])([CH3])([CH3])([C]1=CC=CC1)([c]1cc2ccccc2[nH]1)[C](C)(C)C.Cl.Cl. The van der Waals surface area contributed by atoms with E-state index in [1.165, 1.54) is 14.3 Å². The van der Waals surface area contributed by atoms with Crippen LogP contribution in [-0.2, 0) is 13.8 Å². The molecule has 1 N–H and O–H groups in total. The Morgan fingerprint density at radius 1 is 0.964 bits per heavy atom. The molecule has 0 unspecified atom stereocenters. The monoisotopic (exact) mass is 502 g/mol. The van der Waals surface area contributed by atoms with Gasteiger partial charge in [0.05, 0.1) is 0 Å². The summed E-state index contributed by atoms with van der Waals surface area (Å²) >= 11 is -5.39. The van der Waals surface area contributed by atoms with Gasteiger partial charge in [0.2, 0.25) is 0 Å². The van der Waals surface area contributed by atoms with Crippen molar-refractivity contribution in [2.24, 2.45) is 0 Å². The first kappa shape index (κ1) is 25.6. The second-order valence-electron chi connectivity index (χ2n) is 14.6. The number of fused-ring (bicyclic) bond motifs is 1. The van der Waals surface area contributed by atoms with Gasteiger partial charge >= 0.3 is 151 Å². The number of H-pyrrole nitrogens is 1. The van der Waals surface area contributed by atoms with Gasteiger partial charge < -0.3 is 0 Å². The summed E-state index contributed by atoms with van der Waals surface area (Å²) in [6.07, 6.45) is 8.05. The molecule has 3 rings (SSSR count). The van der Waals surface area contributed by atoms with Crippen molar-refractivity contribution in [3.63, 3.8) is 0 Å². The zero-order valence-corrected chi connectivity index (χ0v) is 23.2. The van der Waals surface area contributed by atoms with E-state index in [1.807, 2.05) is 0 Å². The minimum atomic E-state index is -5.39. The molecule has 1 aromatic carbocycles. The Morgan fingerprint density at radius 3 is 1.96 bits per heavy atom. The predicted molar refractivity (Wildman–Crippen MR) is 134 cm³/mol. The fourth-order valence-electron chi connectivity index (χ4n) is 5.68. The second-order valence-corrected chi connectivity index (χ2v) is 61.7. The molecule has 4 heteroatoms. The third-order valence-corrected chi connectivity index (χ3v) is 63.8. The van der Waals surface area contributed by atoms with Crippen molar-refractivity contribution in [2.75, 3.05) is 0 Å². The van der Waals surface area contributed by atoms with E-state index in [0.29, 0.717) is 0 Å². The van der Waals surface area contributed by atoms with Crippen molar-refractivity contribution < 1.29 is 13.8 Å². The smallest absolute Gasteiger partial charge is 0.147 e. The van der Waals surface area contributed by atoms with Crippen molar-refractivity contribution in [3.8, 4) is 0 Å². The number of hydrogen-bond acceptors (Lipinski definition) is 0. The normalized spacial score (nSPS) is 20.0. The Hall–Kier alpha value is -0.427. The molecule has 0 amide bonds. The molecule has 1 nitrogen and oxygen atoms in total. The molecular weight excluding hydrogens is 464 g/mol. The van der Waals surface area contributed by atoms with Gasteiger partial charge in [-0.3, -0.25) is 0 Å². The molecule has 1 heterocycles. The summed E-state index contributed by atoms with van der Waals surface area (Å²) < 4.78 is 15.3. The summed E-state index contributed by atoms with van der Waals surface area (Å²) in [7, 11) is 0. The summed E-state index contributed by atoms with van der Waals surface area (Å²) in [6, 6.07) is 11.2. The number of benzene rings is 1. The van der Waals surface area contributed by atoms with Crippen LogP contribution in [0.15, 0.2) is 51.8 Å². The molecule has 1 aliphatic rings. The van der Waals surface area contributed by atoms with Crippen LogP contribution in [0.4, 0.5) is 0 Å². The number of halogens is 2. The van der Waals surface area contributed by atoms with E-state index in [-0.39, 0.29) is 27.9 Å². The summed E-state index contributed by atoms with van der Waals surface area (Å²) in [5, 5.41) is 1.30. The molecule has 0 atom stereocenters. The molecule has 0 saturated carbocycles. The molecule has 0 bridgehead atoms. The standard InChI is InChI=1S/C8H6N.C5H5.C4H9.C3H6.4CH3.2ClH.Zr/c1-2-4-8-7(3-1)5-6-9-8;1-2-4-5-3-1;1-4(2)3;1-3-2;;;;;;;/h1-5,9H;1-3H,4H2;1-3H3;1-2H3;4*1H3;2*1H;. The summed E-state index contributed by atoms with van der Waals surface area (Å²) in [6.45, 7) is 12.2. The van der Waals surface area contributed by atoms with E-state index < -0.39 is 13.8 Å². The van der Waals surface area contributed by atoms with E-state index in [0.717, 1.165) is 6.42 Å². The van der Waals surface area contributed by atoms with E-state index in [9.17, 15) is 0 Å². The van der Waals surface area contributed by atoms with Crippen LogP contribution < -0.4 is 3.40 Å². The van der Waals surface area contributed by atoms with Crippen molar-refractivity contribution >= 4 is 42.3 Å². The van der Waals surface area contributed by atoms with E-state index in [1.54, 1.807) is 6.49 Å². The van der Waals surface area contributed by atoms with Crippen LogP contribution in [-0.4, -0.2) is 8.19 Å². The van der Waals surface area contributed by atoms with Gasteiger partial charge in [-0.2, -0.15) is 0 Å². The maximum atomic E-state index is 3.95. The van der Waals surface area contributed by atoms with Gasteiger partial charge in [-0.25, -0.2) is 0 Å². The second kappa shape index (κ2) is 5.07. The molecule has 0 saturated heterocycles. The van der Waals surface area contributed by atoms with Crippen molar-refractivity contribution in [1.29, 1.82) is 0 Å². The minimum Gasteiger partial charge on any atom is -0.147 e. The molecule has 1 aliphatic carbocycles. The van der Waals surface area contributed by atoms with Crippen LogP contribution >= 0.6 is 24.8 Å². The quantitative estimate of drug-likeness (QED) is 0.423. The van der Waals surface area contributed by atoms with Crippen LogP contribution in [0, 0.1) is 0 Å². The number of para-hydroxylation sites is 1. The van der Waals surface area contributed by atoms with Gasteiger partial charge in [-0.1, -0.05) is 0 Å². The van der Waals surface area contributed by atoms with Crippen LogP contribution in [0.3, 0.4) is 0 Å². The van der Waals surface area contributed by atoms with Crippen molar-refractivity contribution in [1.82, 2.24) is 4.98 Å². The van der Waals surface area contributed by atoms with Crippen LogP contribution in [0.25, 0.3) is 10.9 Å². The van der Waals surface area contributed by atoms with Crippen LogP contribution in [0.5, 0.6) is 0 Å². The van der Waals surface area contributed by atoms with Gasteiger partial charge in [0.25, 0.3) is 0 Å². The molecule has 1 aromatic heterocycles. The summed E-state index contributed by atoms with van der Waals surface area (Å²) in [4.78, 5) is 3.95. The number of aromatic nitrogens is 1. The molecule has 28 heavy (non-hydrogen) atoms. The van der Waals surface area contributed by atoms with E-state index in [4.69, 9.17) is 0 Å². The minimum absolute atomic E-state index is 0. The molecular formula is C24H40Cl2NZr. The zero-order chi connectivity index (χ0) is 19.8. The van der Waals surface area contributed by atoms with Gasteiger partial charge in [0, 0.05) is 0 Å². The first-order chi connectivity index (χ1) is 11.5. The van der Waals surface area contributed by atoms with Gasteiger partial charge in [-0.15, -0.1) is 24.8 Å². The first-order valence-corrected chi connectivity index (χ1v) is 24.9. The Balaban J connectivity index is 0.00000196. The number of nitrogens with one attached hydrogen (secondary N) is 1. The number of allylic oxidation sites excluding steroid dienone is 4. The summed E-state index contributed by atoms with van der Waals surface area (Å²) in [5.74, 6) is 0. The largest absolute Gasteiger partial charge is 0.147 e. The van der Waals surface area contributed by atoms with Crippen molar-refractivity contribution in [2.45, 2.75) is 62.7 Å². The molecule has 0 spiro atoms. The molecule has 159 valence electrons. The zero-order valence-electron chi connectivity index (χ0n) is 19.1. The maximum absolute atomic E-state index is 5.39. The Morgan fingerprint density at radius 2 is 1.54 bits per heavy atom. The average molecular weight is 505 g/mol. The topological polar surface area (TPSA) is 15.8 Å². The van der Waals surface area contributed by atoms with Crippen LogP contribution in [0.2, 0.25) is 21.6 Å². The Bertz CT molecular complexity index is 1140. The maximum Gasteiger partial charge on any atom is -0.147 e. The van der Waals surface area contributed by atoms with Gasteiger partial charge in [0.1, 0.15) is 0 Å².